The molecule has 2 fully saturated rings. The second-order valence-electron chi connectivity index (χ2n) is 5.81. The number of carbonyl (C=O) groups excluding carboxylic acids is 2. The largest absolute Gasteiger partial charge is 0.366 e. The molecule has 5 heteroatoms. The lowest BCUT2D eigenvalue weighted by Gasteiger charge is -2.22. The molecule has 5 nitrogen and oxygen atoms in total. The number of aromatic nitrogens is 1. The Bertz CT molecular complexity index is 512. The number of carbonyl (C=O) groups is 2. The van der Waals surface area contributed by atoms with Gasteiger partial charge in [-0.15, -0.1) is 0 Å². The Morgan fingerprint density at radius 2 is 1.80 bits per heavy atom. The number of amides is 2. The Kier molecular flexibility index (Phi) is 3.42. The molecule has 0 aromatic carbocycles. The van der Waals surface area contributed by atoms with Crippen molar-refractivity contribution in [2.75, 3.05) is 13.1 Å². The van der Waals surface area contributed by atoms with Crippen LogP contribution in [0.25, 0.3) is 0 Å². The minimum atomic E-state index is -0.524. The topological polar surface area (TPSA) is 76.3 Å². The zero-order chi connectivity index (χ0) is 14.1. The summed E-state index contributed by atoms with van der Waals surface area (Å²) in [4.78, 5) is 29.4. The van der Waals surface area contributed by atoms with E-state index < -0.39 is 5.91 Å². The predicted molar refractivity (Wildman–Crippen MR) is 74.1 cm³/mol. The van der Waals surface area contributed by atoms with Crippen LogP contribution in [0.3, 0.4) is 0 Å². The molecule has 0 bridgehead atoms. The van der Waals surface area contributed by atoms with Crippen molar-refractivity contribution in [2.24, 2.45) is 17.6 Å². The highest BCUT2D eigenvalue weighted by Crippen LogP contribution is 2.36. The van der Waals surface area contributed by atoms with Gasteiger partial charge >= 0.3 is 0 Å². The molecule has 1 aliphatic carbocycles. The number of hydrogen-bond acceptors (Lipinski definition) is 3. The minimum absolute atomic E-state index is 0.0320. The molecule has 0 unspecified atom stereocenters. The molecule has 1 aliphatic heterocycles. The maximum atomic E-state index is 12.4. The third kappa shape index (κ3) is 2.40. The number of rotatable bonds is 2. The molecule has 2 heterocycles. The van der Waals surface area contributed by atoms with Gasteiger partial charge in [-0.25, -0.2) is 0 Å². The molecule has 1 aromatic heterocycles. The van der Waals surface area contributed by atoms with E-state index in [0.717, 1.165) is 13.1 Å². The van der Waals surface area contributed by atoms with Crippen molar-refractivity contribution in [3.8, 4) is 0 Å². The Morgan fingerprint density at radius 3 is 2.30 bits per heavy atom. The molecule has 2 amide bonds. The van der Waals surface area contributed by atoms with Gasteiger partial charge in [0.25, 0.3) is 5.91 Å². The van der Waals surface area contributed by atoms with E-state index in [-0.39, 0.29) is 5.91 Å². The van der Waals surface area contributed by atoms with Crippen LogP contribution in [0.5, 0.6) is 0 Å². The number of hydrogen-bond donors (Lipinski definition) is 1. The number of pyridine rings is 1. The van der Waals surface area contributed by atoms with Crippen LogP contribution in [0, 0.1) is 11.8 Å². The van der Waals surface area contributed by atoms with Gasteiger partial charge in [0.1, 0.15) is 5.69 Å². The van der Waals surface area contributed by atoms with Crippen molar-refractivity contribution in [2.45, 2.75) is 25.7 Å². The summed E-state index contributed by atoms with van der Waals surface area (Å²) in [7, 11) is 0. The van der Waals surface area contributed by atoms with E-state index in [1.54, 1.807) is 12.1 Å². The van der Waals surface area contributed by atoms with Crippen LogP contribution >= 0.6 is 0 Å². The SMILES string of the molecule is NC(=O)c1ccc(C(=O)N2C[C@H]3CCCC[C@H]3C2)nc1. The van der Waals surface area contributed by atoms with E-state index >= 15 is 0 Å². The van der Waals surface area contributed by atoms with Crippen LogP contribution in [-0.4, -0.2) is 34.8 Å². The van der Waals surface area contributed by atoms with Crippen LogP contribution in [0.4, 0.5) is 0 Å². The van der Waals surface area contributed by atoms with E-state index in [4.69, 9.17) is 5.73 Å². The predicted octanol–water partition coefficient (Wildman–Crippen LogP) is 1.44. The minimum Gasteiger partial charge on any atom is -0.366 e. The molecule has 2 aliphatic rings. The van der Waals surface area contributed by atoms with E-state index in [0.29, 0.717) is 23.1 Å². The molecular weight excluding hydrogens is 254 g/mol. The van der Waals surface area contributed by atoms with Crippen molar-refractivity contribution in [1.82, 2.24) is 9.88 Å². The van der Waals surface area contributed by atoms with E-state index in [2.05, 4.69) is 4.98 Å². The zero-order valence-electron chi connectivity index (χ0n) is 11.4. The second-order valence-corrected chi connectivity index (χ2v) is 5.81. The van der Waals surface area contributed by atoms with Gasteiger partial charge in [-0.05, 0) is 36.8 Å². The third-order valence-electron chi connectivity index (χ3n) is 4.53. The quantitative estimate of drug-likeness (QED) is 0.885. The van der Waals surface area contributed by atoms with Crippen molar-refractivity contribution in [3.63, 3.8) is 0 Å². The average Bonchev–Trinajstić information content (AvgIpc) is 2.90. The Hall–Kier alpha value is -1.91. The van der Waals surface area contributed by atoms with Crippen LogP contribution in [0.1, 0.15) is 46.5 Å². The molecule has 2 atom stereocenters. The first-order chi connectivity index (χ1) is 9.65. The number of likely N-dealkylation sites (tertiary alicyclic amines) is 1. The van der Waals surface area contributed by atoms with Gasteiger partial charge in [0.2, 0.25) is 5.91 Å². The third-order valence-corrected chi connectivity index (χ3v) is 4.53. The lowest BCUT2D eigenvalue weighted by Crippen LogP contribution is -2.29. The molecule has 3 rings (SSSR count). The Morgan fingerprint density at radius 1 is 1.15 bits per heavy atom. The molecular formula is C15H19N3O2. The monoisotopic (exact) mass is 273 g/mol. The van der Waals surface area contributed by atoms with Crippen molar-refractivity contribution in [3.05, 3.63) is 29.6 Å². The molecule has 2 N–H and O–H groups in total. The highest BCUT2D eigenvalue weighted by molar-refractivity contribution is 5.95. The van der Waals surface area contributed by atoms with Gasteiger partial charge in [0, 0.05) is 19.3 Å². The van der Waals surface area contributed by atoms with Gasteiger partial charge in [0.15, 0.2) is 0 Å². The molecule has 20 heavy (non-hydrogen) atoms. The average molecular weight is 273 g/mol. The standard InChI is InChI=1S/C15H19N3O2/c16-14(19)10-5-6-13(17-7-10)15(20)18-8-11-3-1-2-4-12(11)9-18/h5-7,11-12H,1-4,8-9H2,(H2,16,19)/t11-,12+. The molecule has 1 saturated carbocycles. The smallest absolute Gasteiger partial charge is 0.272 e. The van der Waals surface area contributed by atoms with Crippen molar-refractivity contribution >= 4 is 11.8 Å². The van der Waals surface area contributed by atoms with E-state index in [9.17, 15) is 9.59 Å². The van der Waals surface area contributed by atoms with Crippen molar-refractivity contribution < 1.29 is 9.59 Å². The van der Waals surface area contributed by atoms with Crippen LogP contribution in [0.2, 0.25) is 0 Å². The normalized spacial score (nSPS) is 25.3. The summed E-state index contributed by atoms with van der Waals surface area (Å²) >= 11 is 0. The van der Waals surface area contributed by atoms with Gasteiger partial charge in [-0.1, -0.05) is 12.8 Å². The fourth-order valence-corrected chi connectivity index (χ4v) is 3.40. The summed E-state index contributed by atoms with van der Waals surface area (Å²) < 4.78 is 0. The number of primary amides is 1. The van der Waals surface area contributed by atoms with Crippen LogP contribution in [0.15, 0.2) is 18.3 Å². The lowest BCUT2D eigenvalue weighted by atomic mass is 9.82. The highest BCUT2D eigenvalue weighted by atomic mass is 16.2. The van der Waals surface area contributed by atoms with Gasteiger partial charge < -0.3 is 10.6 Å². The maximum absolute atomic E-state index is 12.4. The van der Waals surface area contributed by atoms with E-state index in [1.807, 2.05) is 4.90 Å². The van der Waals surface area contributed by atoms with E-state index in [1.165, 1.54) is 31.9 Å². The molecule has 106 valence electrons. The zero-order valence-corrected chi connectivity index (χ0v) is 11.4. The number of fused-ring (bicyclic) bond motifs is 1. The fraction of sp³-hybridized carbons (Fsp3) is 0.533. The first-order valence-electron chi connectivity index (χ1n) is 7.20. The summed E-state index contributed by atoms with van der Waals surface area (Å²) in [5.41, 5.74) is 5.89. The van der Waals surface area contributed by atoms with Crippen LogP contribution < -0.4 is 5.73 Å². The van der Waals surface area contributed by atoms with Crippen molar-refractivity contribution in [1.29, 1.82) is 0 Å². The van der Waals surface area contributed by atoms with Gasteiger partial charge in [-0.2, -0.15) is 0 Å². The first-order valence-corrected chi connectivity index (χ1v) is 7.20. The van der Waals surface area contributed by atoms with Gasteiger partial charge in [0.05, 0.1) is 5.56 Å². The molecule has 1 saturated heterocycles. The maximum Gasteiger partial charge on any atom is 0.272 e. The number of nitrogens with two attached hydrogens (primary N) is 1. The van der Waals surface area contributed by atoms with Gasteiger partial charge in [-0.3, -0.25) is 14.6 Å². The lowest BCUT2D eigenvalue weighted by molar-refractivity contribution is 0.0777. The molecule has 0 spiro atoms. The Labute approximate surface area is 118 Å². The summed E-state index contributed by atoms with van der Waals surface area (Å²) in [5.74, 6) is 0.772. The first kappa shape index (κ1) is 13.1. The second kappa shape index (κ2) is 5.23. The van der Waals surface area contributed by atoms with Crippen LogP contribution in [-0.2, 0) is 0 Å². The summed E-state index contributed by atoms with van der Waals surface area (Å²) in [6, 6.07) is 3.15. The molecule has 1 aromatic rings. The summed E-state index contributed by atoms with van der Waals surface area (Å²) in [6.45, 7) is 1.70. The Balaban J connectivity index is 1.71. The fourth-order valence-electron chi connectivity index (χ4n) is 3.40. The summed E-state index contributed by atoms with van der Waals surface area (Å²) in [5, 5.41) is 0. The summed E-state index contributed by atoms with van der Waals surface area (Å²) in [6.07, 6.45) is 6.42. The number of nitrogens with zero attached hydrogens (tertiary/aromatic N) is 2. The highest BCUT2D eigenvalue weighted by Gasteiger charge is 2.36. The molecule has 0 radical (unpaired) electrons.